The number of aryl methyl sites for hydroxylation is 2. The number of urea groups is 1. The number of fused-ring (bicyclic) bond motifs is 1. The summed E-state index contributed by atoms with van der Waals surface area (Å²) in [5.74, 6) is -0.902. The van der Waals surface area contributed by atoms with E-state index in [-0.39, 0.29) is 22.5 Å². The Morgan fingerprint density at radius 3 is 2.61 bits per heavy atom. The van der Waals surface area contributed by atoms with Crippen molar-refractivity contribution in [3.05, 3.63) is 59.3 Å². The standard InChI is InChI=1S/C21H18F4N5O2S/c1-2-30-11-14(22)19(28-30)33(32)29-20(31)27-17-13-9-6-10-15(13)26-18(21(23,24)25)16(17)12-7-4-3-5-8-12/h3-5,7-8,11H,2,6,9-10H2,1H3,(H,26,27,31)/q-1. The van der Waals surface area contributed by atoms with E-state index in [0.717, 1.165) is 6.20 Å². The molecule has 1 N–H and O–H groups in total. The van der Waals surface area contributed by atoms with Gasteiger partial charge in [0.15, 0.2) is 5.69 Å². The smallest absolute Gasteiger partial charge is 0.434 e. The molecule has 12 heteroatoms. The first-order chi connectivity index (χ1) is 15.7. The molecule has 174 valence electrons. The molecule has 7 nitrogen and oxygen atoms in total. The first-order valence-corrected chi connectivity index (χ1v) is 11.2. The van der Waals surface area contributed by atoms with Gasteiger partial charge in [-0.1, -0.05) is 30.3 Å². The van der Waals surface area contributed by atoms with Crippen LogP contribution in [-0.4, -0.2) is 20.8 Å². The fourth-order valence-electron chi connectivity index (χ4n) is 3.72. The lowest BCUT2D eigenvalue weighted by Gasteiger charge is -2.20. The number of hydrogen-bond donors (Lipinski definition) is 1. The predicted molar refractivity (Wildman–Crippen MR) is 112 cm³/mol. The number of pyridine rings is 1. The molecule has 2 heterocycles. The lowest BCUT2D eigenvalue weighted by atomic mass is 9.97. The summed E-state index contributed by atoms with van der Waals surface area (Å²) in [6, 6.07) is 6.57. The summed E-state index contributed by atoms with van der Waals surface area (Å²) in [7, 11) is -2.48. The van der Waals surface area contributed by atoms with Gasteiger partial charge in [-0.05, 0) is 37.3 Å². The van der Waals surface area contributed by atoms with Crippen LogP contribution in [0.1, 0.15) is 30.3 Å². The normalized spacial score (nSPS) is 14.3. The molecule has 0 radical (unpaired) electrons. The average Bonchev–Trinajstić information content (AvgIpc) is 3.39. The fraction of sp³-hybridized carbons (Fsp3) is 0.286. The van der Waals surface area contributed by atoms with Gasteiger partial charge in [-0.25, -0.2) is 14.2 Å². The number of rotatable bonds is 4. The lowest BCUT2D eigenvalue weighted by molar-refractivity contribution is -0.140. The summed E-state index contributed by atoms with van der Waals surface area (Å²) in [6.07, 6.45) is -2.45. The average molecular weight is 480 g/mol. The summed E-state index contributed by atoms with van der Waals surface area (Å²) in [5, 5.41) is 5.60. The largest absolute Gasteiger partial charge is 0.438 e. The van der Waals surface area contributed by atoms with Crippen molar-refractivity contribution in [1.82, 2.24) is 14.8 Å². The lowest BCUT2D eigenvalue weighted by Crippen LogP contribution is -2.17. The third-order valence-electron chi connectivity index (χ3n) is 5.13. The zero-order valence-corrected chi connectivity index (χ0v) is 18.1. The maximum Gasteiger partial charge on any atom is 0.434 e. The number of halogens is 4. The van der Waals surface area contributed by atoms with Crippen molar-refractivity contribution in [1.29, 1.82) is 0 Å². The van der Waals surface area contributed by atoms with Gasteiger partial charge in [0, 0.05) is 22.8 Å². The summed E-state index contributed by atoms with van der Waals surface area (Å²) in [4.78, 5) is 16.5. The van der Waals surface area contributed by atoms with E-state index >= 15 is 0 Å². The van der Waals surface area contributed by atoms with Crippen molar-refractivity contribution in [3.63, 3.8) is 0 Å². The molecule has 0 saturated carbocycles. The quantitative estimate of drug-likeness (QED) is 0.403. The second-order valence-electron chi connectivity index (χ2n) is 7.26. The van der Waals surface area contributed by atoms with Crippen LogP contribution in [0, 0.1) is 5.82 Å². The Labute approximate surface area is 188 Å². The Kier molecular flexibility index (Phi) is 6.19. The molecule has 0 spiro atoms. The van der Waals surface area contributed by atoms with E-state index in [1.165, 1.54) is 16.8 Å². The van der Waals surface area contributed by atoms with Crippen molar-refractivity contribution >= 4 is 22.3 Å². The van der Waals surface area contributed by atoms with E-state index in [1.807, 2.05) is 0 Å². The van der Waals surface area contributed by atoms with Gasteiger partial charge in [0.2, 0.25) is 0 Å². The van der Waals surface area contributed by atoms with Crippen molar-refractivity contribution < 1.29 is 26.6 Å². The molecule has 0 fully saturated rings. The molecule has 3 aromatic rings. The monoisotopic (exact) mass is 480 g/mol. The first kappa shape index (κ1) is 22.9. The molecule has 2 aromatic heterocycles. The topological polar surface area (TPSA) is 89.2 Å². The van der Waals surface area contributed by atoms with Crippen LogP contribution >= 0.6 is 0 Å². The number of anilines is 1. The minimum Gasteiger partial charge on any atom is -0.438 e. The number of hydrogen-bond acceptors (Lipinski definition) is 5. The zero-order valence-electron chi connectivity index (χ0n) is 17.3. The number of nitrogens with zero attached hydrogens (tertiary/aromatic N) is 4. The molecule has 0 atom stereocenters. The Morgan fingerprint density at radius 1 is 1.24 bits per heavy atom. The van der Waals surface area contributed by atoms with Gasteiger partial charge >= 0.3 is 12.2 Å². The number of alkyl halides is 3. The Morgan fingerprint density at radius 2 is 1.97 bits per heavy atom. The molecule has 33 heavy (non-hydrogen) atoms. The SMILES string of the molecule is CCn1cc(F)c([S-](=O)=NC(=O)Nc2c3c(nc(C(F)(F)F)c2-c2ccccc2)CCC3)n1. The molecule has 2 amide bonds. The summed E-state index contributed by atoms with van der Waals surface area (Å²) >= 11 is 0. The van der Waals surface area contributed by atoms with Crippen LogP contribution in [-0.2, 0) is 40.4 Å². The highest BCUT2D eigenvalue weighted by Gasteiger charge is 2.39. The van der Waals surface area contributed by atoms with Gasteiger partial charge in [0.1, 0.15) is 5.82 Å². The minimum absolute atomic E-state index is 0.0821. The van der Waals surface area contributed by atoms with Gasteiger partial charge in [-0.2, -0.15) is 18.3 Å². The molecule has 0 aliphatic heterocycles. The Balaban J connectivity index is 1.81. The number of carbonyl (C=O) groups is 1. The van der Waals surface area contributed by atoms with Crippen LogP contribution in [0.4, 0.5) is 28.0 Å². The molecular weight excluding hydrogens is 462 g/mol. The van der Waals surface area contributed by atoms with Crippen molar-refractivity contribution in [2.75, 3.05) is 5.32 Å². The maximum atomic E-state index is 14.0. The zero-order chi connectivity index (χ0) is 23.8. The van der Waals surface area contributed by atoms with Crippen LogP contribution in [0.15, 0.2) is 45.9 Å². The fourth-order valence-corrected chi connectivity index (χ4v) is 4.39. The van der Waals surface area contributed by atoms with Crippen LogP contribution in [0.25, 0.3) is 11.1 Å². The summed E-state index contributed by atoms with van der Waals surface area (Å²) < 4.78 is 72.8. The Bertz CT molecular complexity index is 1300. The van der Waals surface area contributed by atoms with Gasteiger partial charge in [-0.15, -0.1) is 10.6 Å². The molecule has 1 aromatic carbocycles. The van der Waals surface area contributed by atoms with Crippen molar-refractivity contribution in [2.24, 2.45) is 4.36 Å². The number of carbonyl (C=O) groups excluding carboxylic acids is 1. The van der Waals surface area contributed by atoms with E-state index < -0.39 is 39.3 Å². The number of aromatic nitrogens is 3. The summed E-state index contributed by atoms with van der Waals surface area (Å²) in [6.45, 7) is 2.00. The minimum atomic E-state index is -4.78. The second-order valence-corrected chi connectivity index (χ2v) is 8.33. The number of amides is 2. The van der Waals surface area contributed by atoms with Gasteiger partial charge in [0.25, 0.3) is 0 Å². The molecule has 0 saturated heterocycles. The highest BCUT2D eigenvalue weighted by Crippen LogP contribution is 2.44. The van der Waals surface area contributed by atoms with Gasteiger partial charge in [0.05, 0.1) is 11.9 Å². The third-order valence-corrected chi connectivity index (χ3v) is 6.07. The van der Waals surface area contributed by atoms with E-state index in [4.69, 9.17) is 0 Å². The van der Waals surface area contributed by atoms with Gasteiger partial charge < -0.3 is 13.9 Å². The van der Waals surface area contributed by atoms with Crippen LogP contribution in [0.3, 0.4) is 0 Å². The molecule has 1 aliphatic rings. The van der Waals surface area contributed by atoms with Gasteiger partial charge in [-0.3, -0.25) is 4.68 Å². The van der Waals surface area contributed by atoms with E-state index in [0.29, 0.717) is 31.4 Å². The van der Waals surface area contributed by atoms with E-state index in [9.17, 15) is 26.6 Å². The van der Waals surface area contributed by atoms with E-state index in [2.05, 4.69) is 19.8 Å². The molecule has 4 rings (SSSR count). The van der Waals surface area contributed by atoms with Crippen molar-refractivity contribution in [2.45, 2.75) is 43.9 Å². The maximum absolute atomic E-state index is 14.0. The second kappa shape index (κ2) is 8.93. The Hall–Kier alpha value is -3.28. The van der Waals surface area contributed by atoms with Crippen LogP contribution in [0.2, 0.25) is 0 Å². The molecule has 0 bridgehead atoms. The predicted octanol–water partition coefficient (Wildman–Crippen LogP) is 5.35. The highest BCUT2D eigenvalue weighted by atomic mass is 32.2. The third kappa shape index (κ3) is 4.61. The first-order valence-electron chi connectivity index (χ1n) is 10.0. The molecule has 0 unspecified atom stereocenters. The molecule has 1 aliphatic carbocycles. The van der Waals surface area contributed by atoms with Crippen LogP contribution in [0.5, 0.6) is 0 Å². The number of benzene rings is 1. The number of nitrogens with one attached hydrogen (secondary N) is 1. The molecular formula is C21H18F4N5O2S-. The highest BCUT2D eigenvalue weighted by molar-refractivity contribution is 7.75. The van der Waals surface area contributed by atoms with Crippen LogP contribution < -0.4 is 5.32 Å². The van der Waals surface area contributed by atoms with E-state index in [1.54, 1.807) is 25.1 Å². The van der Waals surface area contributed by atoms with Crippen molar-refractivity contribution in [3.8, 4) is 11.1 Å². The summed E-state index contributed by atoms with van der Waals surface area (Å²) in [5.41, 5.74) is -0.584.